The number of benzene rings is 1. The third-order valence-corrected chi connectivity index (χ3v) is 4.57. The third kappa shape index (κ3) is 2.90. The third-order valence-electron chi connectivity index (χ3n) is 3.80. The van der Waals surface area contributed by atoms with Crippen molar-refractivity contribution in [1.82, 2.24) is 10.2 Å². The lowest BCUT2D eigenvalue weighted by Crippen LogP contribution is -2.67. The quantitative estimate of drug-likeness (QED) is 0.903. The Balaban J connectivity index is 2.36. The number of ether oxygens (including phenoxy) is 1. The van der Waals surface area contributed by atoms with Crippen LogP contribution in [0.2, 0.25) is 0 Å². The number of nitrogens with zero attached hydrogens (tertiary/aromatic N) is 1. The minimum atomic E-state index is -0.883. The Bertz CT molecular complexity index is 586. The molecule has 0 spiro atoms. The molecule has 0 aromatic heterocycles. The van der Waals surface area contributed by atoms with Crippen molar-refractivity contribution < 1.29 is 14.3 Å². The van der Waals surface area contributed by atoms with Crippen LogP contribution in [0.5, 0.6) is 5.75 Å². The summed E-state index contributed by atoms with van der Waals surface area (Å²) in [6, 6.07) is 5.07. The van der Waals surface area contributed by atoms with Crippen molar-refractivity contribution in [3.05, 3.63) is 28.2 Å². The maximum atomic E-state index is 12.4. The molecule has 1 aliphatic heterocycles. The summed E-state index contributed by atoms with van der Waals surface area (Å²) in [6.45, 7) is 5.55. The van der Waals surface area contributed by atoms with Gasteiger partial charge in [0.15, 0.2) is 0 Å². The van der Waals surface area contributed by atoms with Crippen LogP contribution < -0.4 is 10.1 Å². The second-order valence-electron chi connectivity index (χ2n) is 5.64. The molecule has 21 heavy (non-hydrogen) atoms. The van der Waals surface area contributed by atoms with Crippen LogP contribution in [0.3, 0.4) is 0 Å². The Labute approximate surface area is 132 Å². The van der Waals surface area contributed by atoms with Gasteiger partial charge in [0, 0.05) is 11.0 Å². The Morgan fingerprint density at radius 3 is 2.67 bits per heavy atom. The number of halogens is 1. The van der Waals surface area contributed by atoms with Gasteiger partial charge in [-0.3, -0.25) is 9.59 Å². The zero-order valence-electron chi connectivity index (χ0n) is 12.6. The molecule has 1 N–H and O–H groups in total. The van der Waals surface area contributed by atoms with Crippen molar-refractivity contribution in [2.75, 3.05) is 7.11 Å². The van der Waals surface area contributed by atoms with Crippen LogP contribution >= 0.6 is 15.9 Å². The highest BCUT2D eigenvalue weighted by Crippen LogP contribution is 2.28. The van der Waals surface area contributed by atoms with Crippen LogP contribution in [0, 0.1) is 0 Å². The van der Waals surface area contributed by atoms with E-state index >= 15 is 0 Å². The van der Waals surface area contributed by atoms with Crippen LogP contribution in [0.15, 0.2) is 22.7 Å². The van der Waals surface area contributed by atoms with E-state index < -0.39 is 11.6 Å². The number of piperazine rings is 1. The number of hydrogen-bond donors (Lipinski definition) is 1. The second kappa shape index (κ2) is 5.67. The number of nitrogens with one attached hydrogen (secondary N) is 1. The molecule has 6 heteroatoms. The van der Waals surface area contributed by atoms with Crippen LogP contribution in [-0.2, 0) is 16.1 Å². The lowest BCUT2D eigenvalue weighted by Gasteiger charge is -2.43. The van der Waals surface area contributed by atoms with Gasteiger partial charge in [0.05, 0.1) is 7.11 Å². The summed E-state index contributed by atoms with van der Waals surface area (Å²) in [5.41, 5.74) is 0.0178. The van der Waals surface area contributed by atoms with Crippen molar-refractivity contribution in [1.29, 1.82) is 0 Å². The van der Waals surface area contributed by atoms with Crippen LogP contribution in [0.1, 0.15) is 26.3 Å². The highest BCUT2D eigenvalue weighted by atomic mass is 79.9. The lowest BCUT2D eigenvalue weighted by atomic mass is 9.95. The predicted molar refractivity (Wildman–Crippen MR) is 82.9 cm³/mol. The second-order valence-corrected chi connectivity index (χ2v) is 6.49. The summed E-state index contributed by atoms with van der Waals surface area (Å²) in [4.78, 5) is 26.2. The average molecular weight is 355 g/mol. The van der Waals surface area contributed by atoms with E-state index in [0.717, 1.165) is 10.0 Å². The van der Waals surface area contributed by atoms with E-state index in [1.807, 2.05) is 18.2 Å². The molecule has 0 radical (unpaired) electrons. The fraction of sp³-hybridized carbons (Fsp3) is 0.467. The Morgan fingerprint density at radius 1 is 1.38 bits per heavy atom. The molecule has 0 bridgehead atoms. The van der Waals surface area contributed by atoms with Gasteiger partial charge >= 0.3 is 0 Å². The summed E-state index contributed by atoms with van der Waals surface area (Å²) in [6.07, 6.45) is 0. The normalized spacial score (nSPS) is 21.2. The Kier molecular flexibility index (Phi) is 4.27. The predicted octanol–water partition coefficient (Wildman–Crippen LogP) is 2.08. The highest BCUT2D eigenvalue weighted by molar-refractivity contribution is 9.10. The number of carbonyl (C=O) groups excluding carboxylic acids is 2. The molecule has 1 atom stereocenters. The molecular weight excluding hydrogens is 336 g/mol. The standard InChI is InChI=1S/C15H19BrN2O3/c1-9-13(19)18(15(2,3)14(20)17-9)8-10-7-11(21-4)5-6-12(10)16/h5-7,9H,8H2,1-4H3,(H,17,20). The molecule has 2 amide bonds. The summed E-state index contributed by atoms with van der Waals surface area (Å²) in [7, 11) is 1.60. The Hall–Kier alpha value is -1.56. The molecule has 1 heterocycles. The van der Waals surface area contributed by atoms with Crippen molar-refractivity contribution in [2.24, 2.45) is 0 Å². The van der Waals surface area contributed by atoms with Gasteiger partial charge in [-0.05, 0) is 44.5 Å². The zero-order valence-corrected chi connectivity index (χ0v) is 14.2. The molecule has 1 aliphatic rings. The van der Waals surface area contributed by atoms with E-state index in [9.17, 15) is 9.59 Å². The van der Waals surface area contributed by atoms with Gasteiger partial charge in [-0.1, -0.05) is 15.9 Å². The fourth-order valence-corrected chi connectivity index (χ4v) is 2.68. The van der Waals surface area contributed by atoms with Gasteiger partial charge in [0.25, 0.3) is 0 Å². The van der Waals surface area contributed by atoms with Crippen molar-refractivity contribution in [3.63, 3.8) is 0 Å². The molecular formula is C15H19BrN2O3. The smallest absolute Gasteiger partial charge is 0.246 e. The molecule has 1 aromatic rings. The van der Waals surface area contributed by atoms with Gasteiger partial charge in [-0.25, -0.2) is 0 Å². The van der Waals surface area contributed by atoms with E-state index in [1.54, 1.807) is 32.8 Å². The van der Waals surface area contributed by atoms with E-state index in [0.29, 0.717) is 12.3 Å². The number of amides is 2. The van der Waals surface area contributed by atoms with Gasteiger partial charge in [0.2, 0.25) is 11.8 Å². The molecule has 1 fully saturated rings. The summed E-state index contributed by atoms with van der Waals surface area (Å²) in [5.74, 6) is 0.482. The number of methoxy groups -OCH3 is 1. The minimum Gasteiger partial charge on any atom is -0.497 e. The molecule has 2 rings (SSSR count). The highest BCUT2D eigenvalue weighted by Gasteiger charge is 2.44. The zero-order chi connectivity index (χ0) is 15.8. The Morgan fingerprint density at radius 2 is 2.05 bits per heavy atom. The lowest BCUT2D eigenvalue weighted by molar-refractivity contribution is -0.155. The van der Waals surface area contributed by atoms with Crippen LogP contribution in [0.25, 0.3) is 0 Å². The van der Waals surface area contributed by atoms with Gasteiger partial charge in [-0.15, -0.1) is 0 Å². The SMILES string of the molecule is COc1ccc(Br)c(CN2C(=O)C(C)NC(=O)C2(C)C)c1. The summed E-state index contributed by atoms with van der Waals surface area (Å²) in [5, 5.41) is 2.71. The average Bonchev–Trinajstić information content (AvgIpc) is 2.43. The summed E-state index contributed by atoms with van der Waals surface area (Å²) < 4.78 is 6.10. The number of rotatable bonds is 3. The van der Waals surface area contributed by atoms with Gasteiger partial charge in [0.1, 0.15) is 17.3 Å². The van der Waals surface area contributed by atoms with Crippen molar-refractivity contribution in [2.45, 2.75) is 38.9 Å². The molecule has 1 unspecified atom stereocenters. The minimum absolute atomic E-state index is 0.0886. The maximum Gasteiger partial charge on any atom is 0.246 e. The molecule has 0 saturated carbocycles. The summed E-state index contributed by atoms with van der Waals surface area (Å²) >= 11 is 3.48. The van der Waals surface area contributed by atoms with Crippen LogP contribution in [-0.4, -0.2) is 35.4 Å². The number of hydrogen-bond acceptors (Lipinski definition) is 3. The fourth-order valence-electron chi connectivity index (χ4n) is 2.31. The van der Waals surface area contributed by atoms with E-state index in [-0.39, 0.29) is 11.8 Å². The van der Waals surface area contributed by atoms with E-state index in [1.165, 1.54) is 0 Å². The largest absolute Gasteiger partial charge is 0.497 e. The topological polar surface area (TPSA) is 58.6 Å². The van der Waals surface area contributed by atoms with Crippen LogP contribution in [0.4, 0.5) is 0 Å². The first-order valence-corrected chi connectivity index (χ1v) is 7.51. The van der Waals surface area contributed by atoms with E-state index in [4.69, 9.17) is 4.74 Å². The van der Waals surface area contributed by atoms with Crippen molar-refractivity contribution >= 4 is 27.7 Å². The van der Waals surface area contributed by atoms with Gasteiger partial charge < -0.3 is 15.0 Å². The maximum absolute atomic E-state index is 12.4. The molecule has 114 valence electrons. The number of carbonyl (C=O) groups is 2. The first kappa shape index (κ1) is 15.8. The first-order chi connectivity index (χ1) is 9.77. The van der Waals surface area contributed by atoms with Gasteiger partial charge in [-0.2, -0.15) is 0 Å². The molecule has 1 aromatic carbocycles. The van der Waals surface area contributed by atoms with Crippen molar-refractivity contribution in [3.8, 4) is 5.75 Å². The molecule has 1 saturated heterocycles. The van der Waals surface area contributed by atoms with E-state index in [2.05, 4.69) is 21.2 Å². The monoisotopic (exact) mass is 354 g/mol. The molecule has 5 nitrogen and oxygen atoms in total. The first-order valence-electron chi connectivity index (χ1n) is 6.72. The molecule has 0 aliphatic carbocycles.